The number of rotatable bonds is 4. The summed E-state index contributed by atoms with van der Waals surface area (Å²) in [7, 11) is 0. The lowest BCUT2D eigenvalue weighted by molar-refractivity contribution is -0.118. The zero-order valence-electron chi connectivity index (χ0n) is 9.21. The molecule has 0 aliphatic heterocycles. The van der Waals surface area contributed by atoms with Crippen molar-refractivity contribution in [3.63, 3.8) is 0 Å². The SMILES string of the molecule is CC(=O)CC(C)Oc1cc(F)ccc1C. The van der Waals surface area contributed by atoms with Gasteiger partial charge in [-0.3, -0.25) is 4.79 Å². The van der Waals surface area contributed by atoms with Crippen molar-refractivity contribution in [1.82, 2.24) is 0 Å². The molecule has 0 N–H and O–H groups in total. The molecule has 0 aromatic heterocycles. The Bertz CT molecular complexity index is 361. The summed E-state index contributed by atoms with van der Waals surface area (Å²) in [5, 5.41) is 0. The van der Waals surface area contributed by atoms with Gasteiger partial charge in [-0.05, 0) is 32.4 Å². The van der Waals surface area contributed by atoms with Crippen molar-refractivity contribution < 1.29 is 13.9 Å². The van der Waals surface area contributed by atoms with Crippen LogP contribution >= 0.6 is 0 Å². The summed E-state index contributed by atoms with van der Waals surface area (Å²) >= 11 is 0. The predicted molar refractivity (Wildman–Crippen MR) is 56.5 cm³/mol. The third-order valence-corrected chi connectivity index (χ3v) is 2.05. The van der Waals surface area contributed by atoms with E-state index in [1.54, 1.807) is 13.0 Å². The van der Waals surface area contributed by atoms with Crippen molar-refractivity contribution in [1.29, 1.82) is 0 Å². The van der Waals surface area contributed by atoms with Crippen molar-refractivity contribution in [2.75, 3.05) is 0 Å². The highest BCUT2D eigenvalue weighted by Crippen LogP contribution is 2.20. The number of carbonyl (C=O) groups excluding carboxylic acids is 1. The third-order valence-electron chi connectivity index (χ3n) is 2.05. The highest BCUT2D eigenvalue weighted by molar-refractivity contribution is 5.75. The van der Waals surface area contributed by atoms with E-state index in [9.17, 15) is 9.18 Å². The highest BCUT2D eigenvalue weighted by atomic mass is 19.1. The van der Waals surface area contributed by atoms with Gasteiger partial charge in [-0.1, -0.05) is 6.07 Å². The van der Waals surface area contributed by atoms with Crippen LogP contribution in [0, 0.1) is 12.7 Å². The average Bonchev–Trinajstić information content (AvgIpc) is 2.10. The normalized spacial score (nSPS) is 12.3. The van der Waals surface area contributed by atoms with E-state index in [2.05, 4.69) is 0 Å². The monoisotopic (exact) mass is 210 g/mol. The van der Waals surface area contributed by atoms with Crippen molar-refractivity contribution >= 4 is 5.78 Å². The molecule has 0 fully saturated rings. The molecule has 3 heteroatoms. The molecule has 1 aromatic carbocycles. The lowest BCUT2D eigenvalue weighted by atomic mass is 10.2. The second kappa shape index (κ2) is 4.91. The van der Waals surface area contributed by atoms with Crippen LogP contribution in [0.25, 0.3) is 0 Å². The Balaban J connectivity index is 2.71. The molecule has 1 aromatic rings. The molecule has 1 unspecified atom stereocenters. The van der Waals surface area contributed by atoms with E-state index in [0.717, 1.165) is 5.56 Å². The maximum atomic E-state index is 12.9. The summed E-state index contributed by atoms with van der Waals surface area (Å²) in [5.74, 6) is 0.242. The molecule has 0 aliphatic carbocycles. The summed E-state index contributed by atoms with van der Waals surface area (Å²) in [6, 6.07) is 4.38. The molecule has 0 aliphatic rings. The molecule has 2 nitrogen and oxygen atoms in total. The molecule has 0 saturated heterocycles. The number of ether oxygens (including phenoxy) is 1. The minimum absolute atomic E-state index is 0.0663. The fourth-order valence-corrected chi connectivity index (χ4v) is 1.36. The van der Waals surface area contributed by atoms with Gasteiger partial charge < -0.3 is 4.74 Å². The first kappa shape index (κ1) is 11.7. The Labute approximate surface area is 89.1 Å². The molecule has 0 radical (unpaired) electrons. The summed E-state index contributed by atoms with van der Waals surface area (Å²) in [6.45, 7) is 5.15. The van der Waals surface area contributed by atoms with Crippen LogP contribution in [0.15, 0.2) is 18.2 Å². The van der Waals surface area contributed by atoms with Gasteiger partial charge in [0.2, 0.25) is 0 Å². The number of carbonyl (C=O) groups is 1. The molecule has 15 heavy (non-hydrogen) atoms. The van der Waals surface area contributed by atoms with Gasteiger partial charge in [0.05, 0.1) is 0 Å². The van der Waals surface area contributed by atoms with E-state index < -0.39 is 0 Å². The minimum Gasteiger partial charge on any atom is -0.490 e. The van der Waals surface area contributed by atoms with Crippen LogP contribution < -0.4 is 4.74 Å². The minimum atomic E-state index is -0.328. The predicted octanol–water partition coefficient (Wildman–Crippen LogP) is 2.88. The Morgan fingerprint density at radius 2 is 2.20 bits per heavy atom. The molecule has 0 spiro atoms. The zero-order chi connectivity index (χ0) is 11.4. The molecule has 0 bridgehead atoms. The Morgan fingerprint density at radius 1 is 1.53 bits per heavy atom. The van der Waals surface area contributed by atoms with E-state index >= 15 is 0 Å². The van der Waals surface area contributed by atoms with Crippen LogP contribution in [0.1, 0.15) is 25.8 Å². The standard InChI is InChI=1S/C12H15FO2/c1-8-4-5-11(13)7-12(8)15-10(3)6-9(2)14/h4-5,7,10H,6H2,1-3H3. The number of Topliss-reactive ketones (excluding diaryl/α,β-unsaturated/α-hetero) is 1. The summed E-state index contributed by atoms with van der Waals surface area (Å²) in [6.07, 6.45) is 0.124. The Hall–Kier alpha value is -1.38. The molecule has 1 atom stereocenters. The second-order valence-electron chi connectivity index (χ2n) is 3.74. The first-order valence-electron chi connectivity index (χ1n) is 4.91. The zero-order valence-corrected chi connectivity index (χ0v) is 9.21. The molecule has 0 amide bonds. The number of benzene rings is 1. The largest absolute Gasteiger partial charge is 0.490 e. The van der Waals surface area contributed by atoms with E-state index in [1.807, 2.05) is 6.92 Å². The lowest BCUT2D eigenvalue weighted by Gasteiger charge is -2.15. The molecule has 0 saturated carbocycles. The van der Waals surface area contributed by atoms with Gasteiger partial charge >= 0.3 is 0 Å². The lowest BCUT2D eigenvalue weighted by Crippen LogP contribution is -2.16. The first-order valence-corrected chi connectivity index (χ1v) is 4.91. The van der Waals surface area contributed by atoms with Crippen molar-refractivity contribution in [2.45, 2.75) is 33.3 Å². The van der Waals surface area contributed by atoms with Gasteiger partial charge in [0.15, 0.2) is 0 Å². The average molecular weight is 210 g/mol. The van der Waals surface area contributed by atoms with E-state index in [0.29, 0.717) is 12.2 Å². The number of aryl methyl sites for hydroxylation is 1. The van der Waals surface area contributed by atoms with Gasteiger partial charge in [-0.15, -0.1) is 0 Å². The molecular formula is C12H15FO2. The summed E-state index contributed by atoms with van der Waals surface area (Å²) < 4.78 is 18.4. The fourth-order valence-electron chi connectivity index (χ4n) is 1.36. The van der Waals surface area contributed by atoms with Crippen LogP contribution in [0.3, 0.4) is 0 Å². The number of hydrogen-bond acceptors (Lipinski definition) is 2. The molecule has 1 rings (SSSR count). The van der Waals surface area contributed by atoms with E-state index in [4.69, 9.17) is 4.74 Å². The second-order valence-corrected chi connectivity index (χ2v) is 3.74. The topological polar surface area (TPSA) is 26.3 Å². The Morgan fingerprint density at radius 3 is 2.80 bits per heavy atom. The number of hydrogen-bond donors (Lipinski definition) is 0. The van der Waals surface area contributed by atoms with Crippen molar-refractivity contribution in [3.05, 3.63) is 29.6 Å². The molecule has 82 valence electrons. The quantitative estimate of drug-likeness (QED) is 0.763. The summed E-state index contributed by atoms with van der Waals surface area (Å²) in [4.78, 5) is 10.8. The maximum Gasteiger partial charge on any atom is 0.133 e. The molecular weight excluding hydrogens is 195 g/mol. The molecule has 0 heterocycles. The smallest absolute Gasteiger partial charge is 0.133 e. The van der Waals surface area contributed by atoms with Gasteiger partial charge in [0.25, 0.3) is 0 Å². The summed E-state index contributed by atoms with van der Waals surface area (Å²) in [5.41, 5.74) is 0.867. The van der Waals surface area contributed by atoms with E-state index in [1.165, 1.54) is 19.1 Å². The van der Waals surface area contributed by atoms with Crippen LogP contribution in [0.4, 0.5) is 4.39 Å². The van der Waals surface area contributed by atoms with Gasteiger partial charge in [0, 0.05) is 12.5 Å². The van der Waals surface area contributed by atoms with Crippen molar-refractivity contribution in [2.24, 2.45) is 0 Å². The van der Waals surface area contributed by atoms with Gasteiger partial charge in [-0.25, -0.2) is 4.39 Å². The third kappa shape index (κ3) is 3.70. The van der Waals surface area contributed by atoms with Crippen LogP contribution in [0.2, 0.25) is 0 Å². The van der Waals surface area contributed by atoms with Gasteiger partial charge in [0.1, 0.15) is 23.5 Å². The first-order chi connectivity index (χ1) is 6.99. The number of ketones is 1. The van der Waals surface area contributed by atoms with Crippen LogP contribution in [-0.4, -0.2) is 11.9 Å². The van der Waals surface area contributed by atoms with Crippen LogP contribution in [-0.2, 0) is 4.79 Å². The fraction of sp³-hybridized carbons (Fsp3) is 0.417. The highest BCUT2D eigenvalue weighted by Gasteiger charge is 2.09. The Kier molecular flexibility index (Phi) is 3.83. The van der Waals surface area contributed by atoms with Crippen molar-refractivity contribution in [3.8, 4) is 5.75 Å². The maximum absolute atomic E-state index is 12.9. The van der Waals surface area contributed by atoms with E-state index in [-0.39, 0.29) is 17.7 Å². The number of halogens is 1. The van der Waals surface area contributed by atoms with Gasteiger partial charge in [-0.2, -0.15) is 0 Å². The van der Waals surface area contributed by atoms with Crippen LogP contribution in [0.5, 0.6) is 5.75 Å².